The lowest BCUT2D eigenvalue weighted by atomic mass is 10.2. The molecule has 2 heterocycles. The molecule has 0 fully saturated rings. The first-order chi connectivity index (χ1) is 7.63. The van der Waals surface area contributed by atoms with Gasteiger partial charge >= 0.3 is 0 Å². The molecule has 0 unspecified atom stereocenters. The minimum Gasteiger partial charge on any atom is -0.461 e. The van der Waals surface area contributed by atoms with Crippen molar-refractivity contribution in [1.82, 2.24) is 9.97 Å². The van der Waals surface area contributed by atoms with Crippen molar-refractivity contribution in [2.75, 3.05) is 12.4 Å². The smallest absolute Gasteiger partial charge is 0.198 e. The molecule has 0 aliphatic heterocycles. The Kier molecular flexibility index (Phi) is 2.64. The third kappa shape index (κ3) is 1.66. The van der Waals surface area contributed by atoms with Gasteiger partial charge in [-0.05, 0) is 32.4 Å². The van der Waals surface area contributed by atoms with Gasteiger partial charge in [-0.2, -0.15) is 0 Å². The van der Waals surface area contributed by atoms with Crippen LogP contribution in [-0.4, -0.2) is 17.0 Å². The quantitative estimate of drug-likeness (QED) is 0.840. The Balaban J connectivity index is 2.59. The van der Waals surface area contributed by atoms with E-state index in [1.54, 1.807) is 6.26 Å². The molecule has 0 aromatic carbocycles. The van der Waals surface area contributed by atoms with E-state index in [1.165, 1.54) is 0 Å². The molecular formula is C12H15N3O. The summed E-state index contributed by atoms with van der Waals surface area (Å²) in [5.41, 5.74) is 3.07. The molecule has 2 aromatic heterocycles. The van der Waals surface area contributed by atoms with Gasteiger partial charge in [0.05, 0.1) is 6.26 Å². The maximum Gasteiger partial charge on any atom is 0.198 e. The van der Waals surface area contributed by atoms with E-state index in [0.29, 0.717) is 5.82 Å². The molecule has 0 saturated carbocycles. The second-order valence-corrected chi connectivity index (χ2v) is 3.79. The lowest BCUT2D eigenvalue weighted by Gasteiger charge is -2.08. The molecule has 0 aliphatic carbocycles. The summed E-state index contributed by atoms with van der Waals surface area (Å²) < 4.78 is 5.39. The zero-order chi connectivity index (χ0) is 11.7. The highest BCUT2D eigenvalue weighted by molar-refractivity contribution is 5.57. The normalized spacial score (nSPS) is 10.5. The van der Waals surface area contributed by atoms with Crippen LogP contribution in [0.3, 0.4) is 0 Å². The van der Waals surface area contributed by atoms with Crippen LogP contribution >= 0.6 is 0 Å². The Morgan fingerprint density at radius 1 is 1.19 bits per heavy atom. The average Bonchev–Trinajstić information content (AvgIpc) is 2.68. The first kappa shape index (κ1) is 10.7. The van der Waals surface area contributed by atoms with E-state index in [-0.39, 0.29) is 0 Å². The Bertz CT molecular complexity index is 517. The minimum atomic E-state index is 0.634. The Hall–Kier alpha value is -1.84. The molecule has 2 aromatic rings. The predicted molar refractivity (Wildman–Crippen MR) is 63.5 cm³/mol. The van der Waals surface area contributed by atoms with Crippen molar-refractivity contribution in [3.05, 3.63) is 29.2 Å². The third-order valence-electron chi connectivity index (χ3n) is 2.69. The molecule has 0 atom stereocenters. The average molecular weight is 217 g/mol. The fourth-order valence-electron chi connectivity index (χ4n) is 1.58. The molecule has 0 saturated heterocycles. The summed E-state index contributed by atoms with van der Waals surface area (Å²) in [7, 11) is 1.85. The predicted octanol–water partition coefficient (Wildman–Crippen LogP) is 2.70. The monoisotopic (exact) mass is 217 g/mol. The van der Waals surface area contributed by atoms with Crippen molar-refractivity contribution in [2.24, 2.45) is 0 Å². The number of aryl methyl sites for hydroxylation is 2. The largest absolute Gasteiger partial charge is 0.461 e. The van der Waals surface area contributed by atoms with E-state index in [0.717, 1.165) is 28.4 Å². The van der Waals surface area contributed by atoms with E-state index in [2.05, 4.69) is 15.3 Å². The second kappa shape index (κ2) is 3.96. The Labute approximate surface area is 94.7 Å². The lowest BCUT2D eigenvalue weighted by Crippen LogP contribution is -2.02. The molecule has 0 bridgehead atoms. The van der Waals surface area contributed by atoms with Gasteiger partial charge in [0.1, 0.15) is 5.82 Å². The molecule has 1 N–H and O–H groups in total. The number of rotatable bonds is 2. The molecular weight excluding hydrogens is 202 g/mol. The summed E-state index contributed by atoms with van der Waals surface area (Å²) in [6, 6.07) is 1.91. The van der Waals surface area contributed by atoms with Crippen LogP contribution in [0.2, 0.25) is 0 Å². The van der Waals surface area contributed by atoms with Crippen molar-refractivity contribution < 1.29 is 4.42 Å². The highest BCUT2D eigenvalue weighted by Crippen LogP contribution is 2.24. The van der Waals surface area contributed by atoms with E-state index in [1.807, 2.05) is 33.9 Å². The van der Waals surface area contributed by atoms with Gasteiger partial charge in [-0.15, -0.1) is 0 Å². The highest BCUT2D eigenvalue weighted by atomic mass is 16.3. The van der Waals surface area contributed by atoms with E-state index in [4.69, 9.17) is 4.42 Å². The number of aromatic nitrogens is 2. The molecule has 0 spiro atoms. The van der Waals surface area contributed by atoms with Crippen molar-refractivity contribution in [3.63, 3.8) is 0 Å². The number of hydrogen-bond donors (Lipinski definition) is 1. The SMILES string of the molecule is CNc1nc(-c2occc2C)nc(C)c1C. The minimum absolute atomic E-state index is 0.634. The first-order valence-electron chi connectivity index (χ1n) is 5.21. The van der Waals surface area contributed by atoms with Gasteiger partial charge in [0, 0.05) is 18.3 Å². The summed E-state index contributed by atoms with van der Waals surface area (Å²) in [5.74, 6) is 2.22. The van der Waals surface area contributed by atoms with Crippen LogP contribution < -0.4 is 5.32 Å². The van der Waals surface area contributed by atoms with Crippen LogP contribution in [0.4, 0.5) is 5.82 Å². The van der Waals surface area contributed by atoms with Crippen LogP contribution in [0.1, 0.15) is 16.8 Å². The Morgan fingerprint density at radius 2 is 1.94 bits per heavy atom. The molecule has 0 radical (unpaired) electrons. The van der Waals surface area contributed by atoms with Crippen LogP contribution in [0.5, 0.6) is 0 Å². The summed E-state index contributed by atoms with van der Waals surface area (Å²) in [5, 5.41) is 3.07. The van der Waals surface area contributed by atoms with Gasteiger partial charge < -0.3 is 9.73 Å². The molecule has 16 heavy (non-hydrogen) atoms. The maximum atomic E-state index is 5.39. The first-order valence-corrected chi connectivity index (χ1v) is 5.21. The van der Waals surface area contributed by atoms with E-state index in [9.17, 15) is 0 Å². The van der Waals surface area contributed by atoms with Crippen molar-refractivity contribution >= 4 is 5.82 Å². The van der Waals surface area contributed by atoms with Gasteiger partial charge in [0.15, 0.2) is 11.6 Å². The van der Waals surface area contributed by atoms with Gasteiger partial charge in [-0.1, -0.05) is 0 Å². The van der Waals surface area contributed by atoms with Crippen molar-refractivity contribution in [2.45, 2.75) is 20.8 Å². The Morgan fingerprint density at radius 3 is 2.50 bits per heavy atom. The fourth-order valence-corrected chi connectivity index (χ4v) is 1.58. The molecule has 4 heteroatoms. The third-order valence-corrected chi connectivity index (χ3v) is 2.69. The molecule has 2 rings (SSSR count). The summed E-state index contributed by atoms with van der Waals surface area (Å²) in [6.07, 6.45) is 1.66. The number of anilines is 1. The van der Waals surface area contributed by atoms with Crippen molar-refractivity contribution in [1.29, 1.82) is 0 Å². The highest BCUT2D eigenvalue weighted by Gasteiger charge is 2.12. The van der Waals surface area contributed by atoms with Crippen molar-refractivity contribution in [3.8, 4) is 11.6 Å². The molecule has 84 valence electrons. The topological polar surface area (TPSA) is 51.0 Å². The van der Waals surface area contributed by atoms with Crippen LogP contribution in [-0.2, 0) is 0 Å². The van der Waals surface area contributed by atoms with E-state index >= 15 is 0 Å². The molecule has 0 amide bonds. The summed E-state index contributed by atoms with van der Waals surface area (Å²) in [4.78, 5) is 8.88. The zero-order valence-electron chi connectivity index (χ0n) is 9.96. The molecule has 0 aliphatic rings. The number of hydrogen-bond acceptors (Lipinski definition) is 4. The maximum absolute atomic E-state index is 5.39. The molecule has 4 nitrogen and oxygen atoms in total. The van der Waals surface area contributed by atoms with Gasteiger partial charge in [0.25, 0.3) is 0 Å². The number of nitrogens with zero attached hydrogens (tertiary/aromatic N) is 2. The number of furan rings is 1. The zero-order valence-corrected chi connectivity index (χ0v) is 9.96. The van der Waals surface area contributed by atoms with E-state index < -0.39 is 0 Å². The van der Waals surface area contributed by atoms with Crippen LogP contribution in [0.15, 0.2) is 16.7 Å². The number of nitrogens with one attached hydrogen (secondary N) is 1. The summed E-state index contributed by atoms with van der Waals surface area (Å²) in [6.45, 7) is 5.95. The lowest BCUT2D eigenvalue weighted by molar-refractivity contribution is 0.575. The van der Waals surface area contributed by atoms with Gasteiger partial charge in [-0.3, -0.25) is 0 Å². The van der Waals surface area contributed by atoms with Gasteiger partial charge in [-0.25, -0.2) is 9.97 Å². The summed E-state index contributed by atoms with van der Waals surface area (Å²) >= 11 is 0. The standard InChI is InChI=1S/C12H15N3O/c1-7-5-6-16-10(7)12-14-9(3)8(2)11(13-4)15-12/h5-6H,1-4H3,(H,13,14,15). The van der Waals surface area contributed by atoms with Crippen LogP contribution in [0.25, 0.3) is 11.6 Å². The van der Waals surface area contributed by atoms with Crippen LogP contribution in [0, 0.1) is 20.8 Å². The second-order valence-electron chi connectivity index (χ2n) is 3.79. The fraction of sp³-hybridized carbons (Fsp3) is 0.333. The van der Waals surface area contributed by atoms with Gasteiger partial charge in [0.2, 0.25) is 0 Å².